The Kier molecular flexibility index (Phi) is 35.1. The summed E-state index contributed by atoms with van der Waals surface area (Å²) >= 11 is 0. The van der Waals surface area contributed by atoms with Gasteiger partial charge in [0.15, 0.2) is 12.6 Å². The summed E-state index contributed by atoms with van der Waals surface area (Å²) in [5, 5.41) is 72.0. The lowest BCUT2D eigenvalue weighted by molar-refractivity contribution is -0.332. The van der Waals surface area contributed by atoms with Gasteiger partial charge in [0.25, 0.3) is 0 Å². The molecule has 0 spiro atoms. The predicted molar refractivity (Wildman–Crippen MR) is 256 cm³/mol. The van der Waals surface area contributed by atoms with Crippen molar-refractivity contribution >= 4 is 5.97 Å². The van der Waals surface area contributed by atoms with E-state index in [1.165, 1.54) is 44.9 Å². The zero-order chi connectivity index (χ0) is 48.0. The van der Waals surface area contributed by atoms with E-state index < -0.39 is 86.7 Å². The number of rotatable bonds is 37. The lowest BCUT2D eigenvalue weighted by atomic mass is 9.98. The first kappa shape index (κ1) is 59.3. The molecule has 11 unspecified atom stereocenters. The van der Waals surface area contributed by atoms with Gasteiger partial charge in [-0.2, -0.15) is 0 Å². The van der Waals surface area contributed by atoms with Crippen LogP contribution in [0, 0.1) is 0 Å². The van der Waals surface area contributed by atoms with Gasteiger partial charge in [-0.15, -0.1) is 0 Å². The molecular weight excluding hydrogens is 849 g/mol. The molecule has 0 amide bonds. The van der Waals surface area contributed by atoms with Crippen molar-refractivity contribution in [1.29, 1.82) is 0 Å². The van der Waals surface area contributed by atoms with Crippen molar-refractivity contribution in [2.45, 2.75) is 203 Å². The number of carbonyl (C=O) groups is 1. The third kappa shape index (κ3) is 26.6. The number of carbonyl (C=O) groups excluding carboxylic acids is 1. The summed E-state index contributed by atoms with van der Waals surface area (Å²) in [6.07, 6.45) is 32.5. The van der Waals surface area contributed by atoms with Crippen molar-refractivity contribution in [2.24, 2.45) is 0 Å². The third-order valence-corrected chi connectivity index (χ3v) is 11.2. The van der Waals surface area contributed by atoms with Crippen molar-refractivity contribution in [3.8, 4) is 0 Å². The van der Waals surface area contributed by atoms with Crippen LogP contribution in [-0.2, 0) is 33.2 Å². The maximum absolute atomic E-state index is 12.9. The van der Waals surface area contributed by atoms with E-state index in [2.05, 4.69) is 80.7 Å². The van der Waals surface area contributed by atoms with Crippen LogP contribution in [0.25, 0.3) is 0 Å². The first-order valence-corrected chi connectivity index (χ1v) is 24.7. The number of hydrogen-bond donors (Lipinski definition) is 7. The van der Waals surface area contributed by atoms with Crippen LogP contribution in [0.1, 0.15) is 136 Å². The molecule has 14 heteroatoms. The molecule has 14 nitrogen and oxygen atoms in total. The zero-order valence-corrected chi connectivity index (χ0v) is 39.9. The van der Waals surface area contributed by atoms with Gasteiger partial charge in [-0.05, 0) is 70.6 Å². The Morgan fingerprint density at radius 1 is 0.515 bits per heavy atom. The van der Waals surface area contributed by atoms with E-state index in [-0.39, 0.29) is 19.6 Å². The van der Waals surface area contributed by atoms with Gasteiger partial charge in [-0.3, -0.25) is 4.79 Å². The highest BCUT2D eigenvalue weighted by atomic mass is 16.7. The maximum Gasteiger partial charge on any atom is 0.310 e. The summed E-state index contributed by atoms with van der Waals surface area (Å²) < 4.78 is 34.1. The number of aliphatic hydroxyl groups is 7. The lowest BCUT2D eigenvalue weighted by Gasteiger charge is -2.42. The van der Waals surface area contributed by atoms with Crippen molar-refractivity contribution in [2.75, 3.05) is 33.0 Å². The first-order chi connectivity index (χ1) is 32.1. The van der Waals surface area contributed by atoms with Gasteiger partial charge in [-0.25, -0.2) is 0 Å². The van der Waals surface area contributed by atoms with Crippen LogP contribution >= 0.6 is 0 Å². The minimum absolute atomic E-state index is 0.00935. The van der Waals surface area contributed by atoms with Crippen molar-refractivity contribution in [3.63, 3.8) is 0 Å². The predicted octanol–water partition coefficient (Wildman–Crippen LogP) is 6.90. The second-order valence-corrected chi connectivity index (χ2v) is 16.9. The number of ether oxygens (including phenoxy) is 6. The molecule has 2 aliphatic heterocycles. The van der Waals surface area contributed by atoms with E-state index in [1.54, 1.807) is 6.08 Å². The Labute approximate surface area is 395 Å². The van der Waals surface area contributed by atoms with E-state index in [1.807, 2.05) is 12.2 Å². The molecule has 11 atom stereocenters. The molecule has 0 aromatic rings. The van der Waals surface area contributed by atoms with E-state index in [0.717, 1.165) is 64.2 Å². The fraction of sp³-hybridized carbons (Fsp3) is 0.712. The van der Waals surface area contributed by atoms with Crippen LogP contribution in [0.2, 0.25) is 0 Å². The molecule has 66 heavy (non-hydrogen) atoms. The largest absolute Gasteiger partial charge is 0.457 e. The van der Waals surface area contributed by atoms with Gasteiger partial charge >= 0.3 is 5.97 Å². The minimum atomic E-state index is -1.73. The second-order valence-electron chi connectivity index (χ2n) is 16.9. The molecule has 0 radical (unpaired) electrons. The summed E-state index contributed by atoms with van der Waals surface area (Å²) in [5.41, 5.74) is 0. The standard InChI is InChI=1S/C52H86O14/c1-3-5-7-9-11-13-15-17-19-20-22-24-26-28-30-32-34-36-61-38-41(64-44(54)35-33-31-29-27-25-23-21-18-16-14-12-10-8-6-4-2)39-62-51-50(60)48(58)46(56)43(66-51)40-63-52-49(59)47(57)45(55)42(37-53)65-52/h6,8,12-15,18-21,25,27,31,33,41-43,45-53,55-60H,3-5,7,9-11,16-17,22-24,26,28-30,32,34-40H2,1-2H3/b8-6-,14-12-,15-13-,20-19-,21-18-,27-25-,33-31-. The van der Waals surface area contributed by atoms with Crippen LogP contribution < -0.4 is 0 Å². The Morgan fingerprint density at radius 3 is 1.55 bits per heavy atom. The number of aliphatic hydroxyl groups excluding tert-OH is 7. The van der Waals surface area contributed by atoms with Gasteiger partial charge in [-0.1, -0.05) is 144 Å². The molecule has 2 saturated heterocycles. The normalized spacial score (nSPS) is 27.0. The lowest BCUT2D eigenvalue weighted by Crippen LogP contribution is -2.61. The van der Waals surface area contributed by atoms with Crippen LogP contribution in [-0.4, -0.2) is 142 Å². The second kappa shape index (κ2) is 39.1. The van der Waals surface area contributed by atoms with Gasteiger partial charge in [0.1, 0.15) is 54.9 Å². The van der Waals surface area contributed by atoms with Crippen molar-refractivity contribution < 1.29 is 69.0 Å². The molecule has 0 aromatic heterocycles. The number of esters is 1. The molecule has 7 N–H and O–H groups in total. The van der Waals surface area contributed by atoms with Crippen LogP contribution in [0.5, 0.6) is 0 Å². The summed E-state index contributed by atoms with van der Waals surface area (Å²) in [7, 11) is 0. The van der Waals surface area contributed by atoms with Gasteiger partial charge < -0.3 is 64.2 Å². The van der Waals surface area contributed by atoms with E-state index in [9.17, 15) is 40.5 Å². The van der Waals surface area contributed by atoms with Crippen LogP contribution in [0.15, 0.2) is 85.1 Å². The SMILES string of the molecule is CC/C=C\C/C=C\C/C=C\C/C=C\C/C=C\CC(=O)OC(COCCCCCCCC/C=C\C/C=C\CCCCCC)COC1OC(COC2OC(CO)C(O)C(O)C2O)C(O)C(O)C1O. The van der Waals surface area contributed by atoms with E-state index in [0.29, 0.717) is 13.0 Å². The summed E-state index contributed by atoms with van der Waals surface area (Å²) in [5.74, 6) is -0.510. The summed E-state index contributed by atoms with van der Waals surface area (Å²) in [4.78, 5) is 12.9. The third-order valence-electron chi connectivity index (χ3n) is 11.2. The van der Waals surface area contributed by atoms with Gasteiger partial charge in [0.05, 0.1) is 32.8 Å². The highest BCUT2D eigenvalue weighted by molar-refractivity contribution is 5.71. The van der Waals surface area contributed by atoms with E-state index >= 15 is 0 Å². The average Bonchev–Trinajstić information content (AvgIpc) is 3.31. The highest BCUT2D eigenvalue weighted by Crippen LogP contribution is 2.26. The monoisotopic (exact) mass is 935 g/mol. The fourth-order valence-electron chi connectivity index (χ4n) is 7.15. The highest BCUT2D eigenvalue weighted by Gasteiger charge is 2.47. The van der Waals surface area contributed by atoms with Crippen molar-refractivity contribution in [3.05, 3.63) is 85.1 Å². The zero-order valence-electron chi connectivity index (χ0n) is 39.9. The Bertz CT molecular complexity index is 1410. The maximum atomic E-state index is 12.9. The van der Waals surface area contributed by atoms with Gasteiger partial charge in [0, 0.05) is 6.61 Å². The van der Waals surface area contributed by atoms with Crippen LogP contribution in [0.4, 0.5) is 0 Å². The molecule has 2 heterocycles. The Hall–Kier alpha value is -2.83. The van der Waals surface area contributed by atoms with Crippen molar-refractivity contribution in [1.82, 2.24) is 0 Å². The van der Waals surface area contributed by atoms with E-state index in [4.69, 9.17) is 28.4 Å². The quantitative estimate of drug-likeness (QED) is 0.0192. The molecule has 0 aromatic carbocycles. The molecule has 0 aliphatic carbocycles. The number of allylic oxidation sites excluding steroid dienone is 13. The molecule has 378 valence electrons. The molecule has 0 bridgehead atoms. The number of unbranched alkanes of at least 4 members (excludes halogenated alkanes) is 10. The topological polar surface area (TPSA) is 214 Å². The first-order valence-electron chi connectivity index (χ1n) is 24.7. The van der Waals surface area contributed by atoms with Gasteiger partial charge in [0.2, 0.25) is 0 Å². The molecule has 2 aliphatic rings. The number of hydrogen-bond acceptors (Lipinski definition) is 14. The summed E-state index contributed by atoms with van der Waals surface area (Å²) in [6, 6.07) is 0. The molecular formula is C52H86O14. The minimum Gasteiger partial charge on any atom is -0.457 e. The molecule has 0 saturated carbocycles. The Balaban J connectivity index is 1.83. The Morgan fingerprint density at radius 2 is 0.985 bits per heavy atom. The molecule has 2 rings (SSSR count). The molecule has 2 fully saturated rings. The average molecular weight is 935 g/mol. The fourth-order valence-corrected chi connectivity index (χ4v) is 7.15. The van der Waals surface area contributed by atoms with Crippen LogP contribution in [0.3, 0.4) is 0 Å². The smallest absolute Gasteiger partial charge is 0.310 e. The summed E-state index contributed by atoms with van der Waals surface area (Å²) in [6.45, 7) is 3.37.